The van der Waals surface area contributed by atoms with Crippen molar-refractivity contribution in [3.63, 3.8) is 0 Å². The molecule has 1 aliphatic heterocycles. The largest absolute Gasteiger partial charge is 0.469 e. The number of rotatable bonds is 8. The second-order valence-corrected chi connectivity index (χ2v) is 9.56. The summed E-state index contributed by atoms with van der Waals surface area (Å²) in [6.45, 7) is -0.418. The van der Waals surface area contributed by atoms with Crippen LogP contribution in [0.5, 0.6) is 0 Å². The normalized spacial score (nSPS) is 21.7. The zero-order valence-corrected chi connectivity index (χ0v) is 18.2. The number of fused-ring (bicyclic) bond motifs is 1. The number of anilines is 1. The lowest BCUT2D eigenvalue weighted by molar-refractivity contribution is -0.0422. The lowest BCUT2D eigenvalue weighted by atomic mass is 10.2. The van der Waals surface area contributed by atoms with Crippen LogP contribution in [0, 0.1) is 0 Å². The first-order chi connectivity index (χ1) is 14.8. The zero-order valence-electron chi connectivity index (χ0n) is 16.4. The Labute approximate surface area is 182 Å². The molecule has 0 spiro atoms. The average Bonchev–Trinajstić information content (AvgIpc) is 3.28. The summed E-state index contributed by atoms with van der Waals surface area (Å²) in [5.41, 5.74) is 7.68. The third-order valence-corrected chi connectivity index (χ3v) is 6.52. The number of aromatic nitrogens is 3. The van der Waals surface area contributed by atoms with Gasteiger partial charge in [0, 0.05) is 23.3 Å². The summed E-state index contributed by atoms with van der Waals surface area (Å²) >= 11 is 1.73. The molecule has 0 aliphatic carbocycles. The summed E-state index contributed by atoms with van der Waals surface area (Å²) in [4.78, 5) is 27.4. The van der Waals surface area contributed by atoms with Gasteiger partial charge in [0.1, 0.15) is 30.1 Å². The summed E-state index contributed by atoms with van der Waals surface area (Å²) in [5, 5.41) is 11.0. The molecule has 12 heteroatoms. The van der Waals surface area contributed by atoms with Gasteiger partial charge in [-0.2, -0.15) is 0 Å². The molecule has 166 valence electrons. The van der Waals surface area contributed by atoms with Crippen molar-refractivity contribution in [3.05, 3.63) is 48.4 Å². The van der Waals surface area contributed by atoms with E-state index in [2.05, 4.69) is 26.6 Å². The minimum atomic E-state index is -4.65. The quantitative estimate of drug-likeness (QED) is 0.287. The molecule has 10 nitrogen and oxygen atoms in total. The predicted molar refractivity (Wildman–Crippen MR) is 115 cm³/mol. The van der Waals surface area contributed by atoms with Crippen LogP contribution in [-0.2, 0) is 20.2 Å². The number of nitrogens with two attached hydrogens (primary N) is 1. The lowest BCUT2D eigenvalue weighted by Crippen LogP contribution is -2.25. The molecule has 1 saturated heterocycles. The van der Waals surface area contributed by atoms with Crippen molar-refractivity contribution >= 4 is 36.4 Å². The van der Waals surface area contributed by atoms with Crippen LogP contribution in [0.25, 0.3) is 11.0 Å². The number of hydrogen-bond donors (Lipinski definition) is 4. The Bertz CT molecular complexity index is 1090. The summed E-state index contributed by atoms with van der Waals surface area (Å²) in [6, 6.07) is 10.1. The molecule has 1 aliphatic rings. The maximum atomic E-state index is 11.0. The molecular formula is C19H23N4O6PS. The van der Waals surface area contributed by atoms with Gasteiger partial charge in [-0.3, -0.25) is 4.52 Å². The summed E-state index contributed by atoms with van der Waals surface area (Å²) < 4.78 is 23.1. The minimum absolute atomic E-state index is 0.223. The fourth-order valence-corrected chi connectivity index (χ4v) is 4.85. The van der Waals surface area contributed by atoms with E-state index in [1.807, 2.05) is 24.4 Å². The molecule has 0 saturated carbocycles. The topological polar surface area (TPSA) is 153 Å². The summed E-state index contributed by atoms with van der Waals surface area (Å²) in [7, 11) is -4.65. The minimum Gasteiger partial charge on any atom is -0.390 e. The van der Waals surface area contributed by atoms with E-state index < -0.39 is 32.9 Å². The van der Waals surface area contributed by atoms with E-state index in [1.165, 1.54) is 11.2 Å². The number of phosphoric ester groups is 1. The van der Waals surface area contributed by atoms with E-state index in [1.54, 1.807) is 16.3 Å². The van der Waals surface area contributed by atoms with Gasteiger partial charge in [-0.15, -0.1) is 11.8 Å². The first-order valence-corrected chi connectivity index (χ1v) is 12.1. The number of benzene rings is 1. The highest BCUT2D eigenvalue weighted by molar-refractivity contribution is 7.99. The molecule has 3 aromatic rings. The molecule has 4 rings (SSSR count). The lowest BCUT2D eigenvalue weighted by Gasteiger charge is -2.16. The van der Waals surface area contributed by atoms with Crippen LogP contribution in [0.3, 0.4) is 0 Å². The van der Waals surface area contributed by atoms with Gasteiger partial charge in [-0.1, -0.05) is 18.2 Å². The van der Waals surface area contributed by atoms with Gasteiger partial charge in [0.05, 0.1) is 18.1 Å². The van der Waals surface area contributed by atoms with Crippen molar-refractivity contribution in [1.29, 1.82) is 0 Å². The van der Waals surface area contributed by atoms with Crippen LogP contribution in [0.2, 0.25) is 0 Å². The highest BCUT2D eigenvalue weighted by Crippen LogP contribution is 2.39. The number of phosphoric acid groups is 1. The smallest absolute Gasteiger partial charge is 0.390 e. The van der Waals surface area contributed by atoms with Crippen LogP contribution in [0.4, 0.5) is 5.82 Å². The second kappa shape index (κ2) is 9.25. The maximum Gasteiger partial charge on any atom is 0.469 e. The van der Waals surface area contributed by atoms with Crippen molar-refractivity contribution in [2.24, 2.45) is 0 Å². The van der Waals surface area contributed by atoms with Gasteiger partial charge in [0.25, 0.3) is 0 Å². The number of aliphatic hydroxyl groups is 1. The van der Waals surface area contributed by atoms with Gasteiger partial charge in [-0.05, 0) is 24.1 Å². The molecule has 1 fully saturated rings. The number of hydrogen-bond acceptors (Lipinski definition) is 8. The van der Waals surface area contributed by atoms with Crippen LogP contribution in [0.15, 0.2) is 47.8 Å². The van der Waals surface area contributed by atoms with Crippen molar-refractivity contribution in [3.8, 4) is 0 Å². The fraction of sp³-hybridized carbons (Fsp3) is 0.368. The number of nitrogens with zero attached hydrogens (tertiary/aromatic N) is 3. The number of thioether (sulfide) groups is 1. The standard InChI is InChI=1S/C19H23N4O6PS/c20-18-17-12(6-7-31-13-4-2-1-3-5-13)9-23(19(17)22-11-21-18)16-8-14(24)15(29-16)10-28-30(25,26)27/h1-5,9,11,14-16,24H,6-8,10H2,(H2,20,21,22)(H2,25,26,27)/t14-,15+,16+/m0/s1. The zero-order chi connectivity index (χ0) is 22.0. The number of nitrogen functional groups attached to an aromatic ring is 1. The maximum absolute atomic E-state index is 11.0. The van der Waals surface area contributed by atoms with E-state index in [0.29, 0.717) is 11.5 Å². The molecule has 0 radical (unpaired) electrons. The van der Waals surface area contributed by atoms with E-state index in [-0.39, 0.29) is 6.42 Å². The monoisotopic (exact) mass is 466 g/mol. The van der Waals surface area contributed by atoms with E-state index in [4.69, 9.17) is 20.3 Å². The Morgan fingerprint density at radius 3 is 2.81 bits per heavy atom. The average molecular weight is 466 g/mol. The van der Waals surface area contributed by atoms with Gasteiger partial charge in [-0.25, -0.2) is 14.5 Å². The Morgan fingerprint density at radius 2 is 2.06 bits per heavy atom. The molecule has 31 heavy (non-hydrogen) atoms. The second-order valence-electron chi connectivity index (χ2n) is 7.15. The summed E-state index contributed by atoms with van der Waals surface area (Å²) in [6.07, 6.45) is 1.83. The third-order valence-electron chi connectivity index (χ3n) is 5.02. The Morgan fingerprint density at radius 1 is 1.29 bits per heavy atom. The molecule has 3 heterocycles. The van der Waals surface area contributed by atoms with Crippen molar-refractivity contribution in [2.45, 2.75) is 36.2 Å². The van der Waals surface area contributed by atoms with Crippen LogP contribution in [0.1, 0.15) is 18.2 Å². The Hall–Kier alpha value is -1.98. The van der Waals surface area contributed by atoms with Crippen LogP contribution in [-0.4, -0.2) is 54.0 Å². The first kappa shape index (κ1) is 22.2. The Balaban J connectivity index is 1.53. The SMILES string of the molecule is Nc1ncnc2c1c(CCSc1ccccc1)cn2[C@H]1C[C@H](O)[C@@H](COP(=O)(O)O)O1. The molecule has 0 bridgehead atoms. The molecule has 0 amide bonds. The van der Waals surface area contributed by atoms with E-state index in [0.717, 1.165) is 23.1 Å². The van der Waals surface area contributed by atoms with Crippen molar-refractivity contribution in [2.75, 3.05) is 18.1 Å². The highest BCUT2D eigenvalue weighted by Gasteiger charge is 2.37. The number of aliphatic hydroxyl groups excluding tert-OH is 1. The first-order valence-electron chi connectivity index (χ1n) is 9.63. The Kier molecular flexibility index (Phi) is 6.63. The van der Waals surface area contributed by atoms with Crippen molar-refractivity contribution < 1.29 is 28.7 Å². The van der Waals surface area contributed by atoms with E-state index in [9.17, 15) is 9.67 Å². The molecule has 2 aromatic heterocycles. The van der Waals surface area contributed by atoms with Gasteiger partial charge in [0.15, 0.2) is 0 Å². The highest BCUT2D eigenvalue weighted by atomic mass is 32.2. The fourth-order valence-electron chi connectivity index (χ4n) is 3.60. The van der Waals surface area contributed by atoms with Gasteiger partial charge >= 0.3 is 7.82 Å². The van der Waals surface area contributed by atoms with Gasteiger partial charge < -0.3 is 29.9 Å². The summed E-state index contributed by atoms with van der Waals surface area (Å²) in [5.74, 6) is 1.19. The number of aryl methyl sites for hydroxylation is 1. The molecular weight excluding hydrogens is 443 g/mol. The molecule has 3 atom stereocenters. The molecule has 0 unspecified atom stereocenters. The predicted octanol–water partition coefficient (Wildman–Crippen LogP) is 2.11. The van der Waals surface area contributed by atoms with Gasteiger partial charge in [0.2, 0.25) is 0 Å². The van der Waals surface area contributed by atoms with E-state index >= 15 is 0 Å². The molecule has 5 N–H and O–H groups in total. The van der Waals surface area contributed by atoms with Crippen molar-refractivity contribution in [1.82, 2.24) is 14.5 Å². The van der Waals surface area contributed by atoms with Crippen LogP contribution >= 0.6 is 19.6 Å². The number of ether oxygens (including phenoxy) is 1. The third kappa shape index (κ3) is 5.27. The van der Waals surface area contributed by atoms with Crippen LogP contribution < -0.4 is 5.73 Å². The molecule has 1 aromatic carbocycles.